The van der Waals surface area contributed by atoms with Gasteiger partial charge in [0, 0.05) is 6.42 Å². The zero-order chi connectivity index (χ0) is 5.56. The van der Waals surface area contributed by atoms with Crippen LogP contribution in [-0.2, 0) is 9.53 Å². The van der Waals surface area contributed by atoms with Gasteiger partial charge in [-0.1, -0.05) is 0 Å². The smallest absolute Gasteiger partial charge is 0.306 e. The number of hydrogen-bond donors (Lipinski definition) is 0. The van der Waals surface area contributed by atoms with Gasteiger partial charge in [0.05, 0.1) is 0 Å². The Balaban J connectivity index is 2.07. The Kier molecular flexibility index (Phi) is 0.678. The van der Waals surface area contributed by atoms with Gasteiger partial charge >= 0.3 is 5.97 Å². The normalized spacial score (nSPS) is 42.8. The minimum atomic E-state index is 0.0116. The van der Waals surface area contributed by atoms with Crippen LogP contribution >= 0.6 is 0 Å². The van der Waals surface area contributed by atoms with Crippen LogP contribution in [0, 0.1) is 5.92 Å². The lowest BCUT2D eigenvalue weighted by Crippen LogP contribution is -2.40. The first-order valence-electron chi connectivity index (χ1n) is 3.04. The lowest BCUT2D eigenvalue weighted by atomic mass is 9.78. The van der Waals surface area contributed by atoms with Crippen molar-refractivity contribution in [3.05, 3.63) is 0 Å². The van der Waals surface area contributed by atoms with Crippen LogP contribution in [0.1, 0.15) is 19.3 Å². The molecule has 2 heterocycles. The highest BCUT2D eigenvalue weighted by Gasteiger charge is 2.38. The third-order valence-corrected chi connectivity index (χ3v) is 1.95. The van der Waals surface area contributed by atoms with Gasteiger partial charge < -0.3 is 4.74 Å². The molecule has 2 saturated heterocycles. The van der Waals surface area contributed by atoms with Gasteiger partial charge in [0.1, 0.15) is 6.10 Å². The first kappa shape index (κ1) is 4.36. The van der Waals surface area contributed by atoms with Gasteiger partial charge in [0.25, 0.3) is 0 Å². The van der Waals surface area contributed by atoms with Crippen molar-refractivity contribution >= 4 is 5.97 Å². The molecule has 0 atom stereocenters. The molecular formula is C6H8O2. The molecule has 0 spiro atoms. The third-order valence-electron chi connectivity index (χ3n) is 1.95. The van der Waals surface area contributed by atoms with E-state index in [1.54, 1.807) is 0 Å². The molecule has 2 nitrogen and oxygen atoms in total. The number of carbonyl (C=O) groups excluding carboxylic acids is 1. The number of esters is 1. The lowest BCUT2D eigenvalue weighted by Gasteiger charge is -2.39. The molecule has 0 unspecified atom stereocenters. The molecule has 0 N–H and O–H groups in total. The van der Waals surface area contributed by atoms with Gasteiger partial charge in [-0.3, -0.25) is 4.79 Å². The van der Waals surface area contributed by atoms with Gasteiger partial charge in [-0.25, -0.2) is 0 Å². The molecule has 0 aromatic rings. The van der Waals surface area contributed by atoms with Crippen molar-refractivity contribution in [3.8, 4) is 0 Å². The Hall–Kier alpha value is -0.530. The monoisotopic (exact) mass is 112 g/mol. The molecule has 3 rings (SSSR count). The van der Waals surface area contributed by atoms with Crippen LogP contribution in [-0.4, -0.2) is 12.1 Å². The fourth-order valence-corrected chi connectivity index (χ4v) is 1.41. The average Bonchev–Trinajstić information content (AvgIpc) is 1.62. The summed E-state index contributed by atoms with van der Waals surface area (Å²) in [5.41, 5.74) is 0. The van der Waals surface area contributed by atoms with Crippen molar-refractivity contribution in [2.75, 3.05) is 0 Å². The van der Waals surface area contributed by atoms with E-state index >= 15 is 0 Å². The second kappa shape index (κ2) is 1.24. The second-order valence-electron chi connectivity index (χ2n) is 2.65. The Bertz CT molecular complexity index is 112. The van der Waals surface area contributed by atoms with E-state index in [1.165, 1.54) is 0 Å². The lowest BCUT2D eigenvalue weighted by molar-refractivity contribution is -0.170. The largest absolute Gasteiger partial charge is 0.462 e. The molecule has 0 aromatic carbocycles. The van der Waals surface area contributed by atoms with Crippen molar-refractivity contribution in [2.45, 2.75) is 25.4 Å². The van der Waals surface area contributed by atoms with Crippen LogP contribution in [0.25, 0.3) is 0 Å². The van der Waals surface area contributed by atoms with Crippen LogP contribution in [0.2, 0.25) is 0 Å². The van der Waals surface area contributed by atoms with E-state index in [2.05, 4.69) is 0 Å². The van der Waals surface area contributed by atoms with Gasteiger partial charge in [-0.05, 0) is 18.8 Å². The minimum Gasteiger partial charge on any atom is -0.462 e. The summed E-state index contributed by atoms with van der Waals surface area (Å²) < 4.78 is 4.91. The first-order valence-corrected chi connectivity index (χ1v) is 3.04. The molecule has 1 aliphatic carbocycles. The van der Waals surface area contributed by atoms with Crippen molar-refractivity contribution in [2.24, 2.45) is 5.92 Å². The van der Waals surface area contributed by atoms with Gasteiger partial charge in [-0.15, -0.1) is 0 Å². The molecule has 3 fully saturated rings. The first-order chi connectivity index (χ1) is 3.84. The second-order valence-corrected chi connectivity index (χ2v) is 2.65. The van der Waals surface area contributed by atoms with E-state index in [0.717, 1.165) is 12.8 Å². The molecule has 2 aliphatic heterocycles. The minimum absolute atomic E-state index is 0.0116. The quantitative estimate of drug-likeness (QED) is 0.431. The zero-order valence-corrected chi connectivity index (χ0v) is 4.59. The molecule has 3 aliphatic rings. The van der Waals surface area contributed by atoms with E-state index in [4.69, 9.17) is 4.74 Å². The highest BCUT2D eigenvalue weighted by atomic mass is 16.5. The maximum Gasteiger partial charge on any atom is 0.306 e. The molecule has 0 radical (unpaired) electrons. The molecule has 2 heteroatoms. The Morgan fingerprint density at radius 2 is 2.25 bits per heavy atom. The van der Waals surface area contributed by atoms with Crippen molar-refractivity contribution in [1.29, 1.82) is 0 Å². The van der Waals surface area contributed by atoms with Crippen LogP contribution in [0.15, 0.2) is 0 Å². The maximum absolute atomic E-state index is 10.5. The SMILES string of the molecule is O=C1CC2CC(C2)O1. The molecule has 44 valence electrons. The van der Waals surface area contributed by atoms with Crippen molar-refractivity contribution < 1.29 is 9.53 Å². The number of rotatable bonds is 0. The highest BCUT2D eigenvalue weighted by Crippen LogP contribution is 2.37. The average molecular weight is 112 g/mol. The molecule has 0 amide bonds. The molecule has 1 saturated carbocycles. The van der Waals surface area contributed by atoms with Gasteiger partial charge in [0.2, 0.25) is 0 Å². The maximum atomic E-state index is 10.5. The summed E-state index contributed by atoms with van der Waals surface area (Å²) in [6, 6.07) is 0. The topological polar surface area (TPSA) is 26.3 Å². The summed E-state index contributed by atoms with van der Waals surface area (Å²) >= 11 is 0. The Labute approximate surface area is 47.8 Å². The van der Waals surface area contributed by atoms with Crippen LogP contribution < -0.4 is 0 Å². The summed E-state index contributed by atoms with van der Waals surface area (Å²) in [5.74, 6) is 0.693. The predicted molar refractivity (Wildman–Crippen MR) is 27.2 cm³/mol. The summed E-state index contributed by atoms with van der Waals surface area (Å²) in [4.78, 5) is 10.5. The van der Waals surface area contributed by atoms with E-state index in [9.17, 15) is 4.79 Å². The fraction of sp³-hybridized carbons (Fsp3) is 0.833. The van der Waals surface area contributed by atoms with Crippen LogP contribution in [0.4, 0.5) is 0 Å². The van der Waals surface area contributed by atoms with E-state index in [1.807, 2.05) is 0 Å². The standard InChI is InChI=1S/C6H8O2/c7-6-3-4-1-5(2-4)8-6/h4-5H,1-3H2. The number of fused-ring (bicyclic) bond motifs is 2. The summed E-state index contributed by atoms with van der Waals surface area (Å²) in [6.45, 7) is 0. The van der Waals surface area contributed by atoms with Crippen molar-refractivity contribution in [1.82, 2.24) is 0 Å². The molecular weight excluding hydrogens is 104 g/mol. The molecule has 0 aromatic heterocycles. The summed E-state index contributed by atoms with van der Waals surface area (Å²) in [7, 11) is 0. The van der Waals surface area contributed by atoms with Crippen LogP contribution in [0.5, 0.6) is 0 Å². The van der Waals surface area contributed by atoms with Gasteiger partial charge in [0.15, 0.2) is 0 Å². The van der Waals surface area contributed by atoms with Gasteiger partial charge in [-0.2, -0.15) is 0 Å². The van der Waals surface area contributed by atoms with E-state index in [0.29, 0.717) is 18.4 Å². The number of ether oxygens (including phenoxy) is 1. The van der Waals surface area contributed by atoms with E-state index in [-0.39, 0.29) is 5.97 Å². The summed E-state index contributed by atoms with van der Waals surface area (Å²) in [6.07, 6.45) is 3.25. The molecule has 8 heavy (non-hydrogen) atoms. The van der Waals surface area contributed by atoms with Crippen molar-refractivity contribution in [3.63, 3.8) is 0 Å². The number of carbonyl (C=O) groups is 1. The third kappa shape index (κ3) is 0.457. The van der Waals surface area contributed by atoms with Crippen LogP contribution in [0.3, 0.4) is 0 Å². The number of hydrogen-bond acceptors (Lipinski definition) is 2. The Morgan fingerprint density at radius 3 is 2.50 bits per heavy atom. The predicted octanol–water partition coefficient (Wildman–Crippen LogP) is 0.712. The molecule has 2 bridgehead atoms. The summed E-state index contributed by atoms with van der Waals surface area (Å²) in [5, 5.41) is 0. The Morgan fingerprint density at radius 1 is 1.50 bits per heavy atom. The zero-order valence-electron chi connectivity index (χ0n) is 4.59. The van der Waals surface area contributed by atoms with E-state index < -0.39 is 0 Å². The fourth-order valence-electron chi connectivity index (χ4n) is 1.41. The highest BCUT2D eigenvalue weighted by molar-refractivity contribution is 5.71.